The van der Waals surface area contributed by atoms with Crippen LogP contribution >= 0.6 is 0 Å². The van der Waals surface area contributed by atoms with Crippen molar-refractivity contribution in [2.24, 2.45) is 11.1 Å². The quantitative estimate of drug-likeness (QED) is 0.776. The Morgan fingerprint density at radius 3 is 2.33 bits per heavy atom. The Morgan fingerprint density at radius 1 is 0.963 bits per heavy atom. The zero-order valence-corrected chi connectivity index (χ0v) is 15.1. The minimum Gasteiger partial charge on any atom is -0.493 e. The first kappa shape index (κ1) is 17.1. The largest absolute Gasteiger partial charge is 0.493 e. The number of imide groups is 1. The van der Waals surface area contributed by atoms with E-state index >= 15 is 0 Å². The summed E-state index contributed by atoms with van der Waals surface area (Å²) in [6, 6.07) is 12.4. The van der Waals surface area contributed by atoms with E-state index in [1.165, 1.54) is 12.0 Å². The Morgan fingerprint density at radius 2 is 1.67 bits per heavy atom. The molecule has 0 aromatic heterocycles. The summed E-state index contributed by atoms with van der Waals surface area (Å²) in [6.45, 7) is 1.94. The van der Waals surface area contributed by atoms with Crippen LogP contribution in [0.5, 0.6) is 11.5 Å². The monoisotopic (exact) mass is 366 g/mol. The van der Waals surface area contributed by atoms with Gasteiger partial charge in [0.15, 0.2) is 11.5 Å². The summed E-state index contributed by atoms with van der Waals surface area (Å²) in [5.41, 5.74) is 2.63. The molecule has 7 heteroatoms. The van der Waals surface area contributed by atoms with E-state index in [4.69, 9.17) is 14.3 Å². The average Bonchev–Trinajstić information content (AvgIpc) is 3.23. The van der Waals surface area contributed by atoms with Gasteiger partial charge in [-0.2, -0.15) is 0 Å². The molecule has 2 atom stereocenters. The van der Waals surface area contributed by atoms with E-state index in [1.54, 1.807) is 37.4 Å². The first-order valence-corrected chi connectivity index (χ1v) is 8.45. The molecule has 2 aliphatic heterocycles. The highest BCUT2D eigenvalue weighted by molar-refractivity contribution is 6.32. The summed E-state index contributed by atoms with van der Waals surface area (Å²) in [7, 11) is 3.07. The van der Waals surface area contributed by atoms with Gasteiger partial charge in [-0.15, -0.1) is 0 Å². The third kappa shape index (κ3) is 2.63. The van der Waals surface area contributed by atoms with Crippen LogP contribution in [0.25, 0.3) is 0 Å². The molecule has 7 nitrogen and oxygen atoms in total. The minimum absolute atomic E-state index is 0.347. The lowest BCUT2D eigenvalue weighted by molar-refractivity contribution is -0.126. The van der Waals surface area contributed by atoms with Crippen molar-refractivity contribution in [1.82, 2.24) is 0 Å². The van der Waals surface area contributed by atoms with Crippen molar-refractivity contribution >= 4 is 23.2 Å². The van der Waals surface area contributed by atoms with Crippen molar-refractivity contribution in [1.29, 1.82) is 0 Å². The summed E-state index contributed by atoms with van der Waals surface area (Å²) < 4.78 is 10.6. The number of hydrogen-bond donors (Lipinski definition) is 0. The number of hydrogen-bond acceptors (Lipinski definition) is 6. The number of fused-ring (bicyclic) bond motifs is 1. The number of methoxy groups -OCH3 is 2. The van der Waals surface area contributed by atoms with Crippen LogP contribution < -0.4 is 14.4 Å². The normalized spacial score (nSPS) is 21.0. The highest BCUT2D eigenvalue weighted by Gasteiger charge is 2.56. The van der Waals surface area contributed by atoms with E-state index in [0.717, 1.165) is 5.56 Å². The number of nitrogens with zero attached hydrogens (tertiary/aromatic N) is 2. The van der Waals surface area contributed by atoms with E-state index in [1.807, 2.05) is 19.1 Å². The van der Waals surface area contributed by atoms with E-state index in [-0.39, 0.29) is 5.91 Å². The Labute approximate surface area is 156 Å². The third-order valence-electron chi connectivity index (χ3n) is 4.78. The molecule has 138 valence electrons. The van der Waals surface area contributed by atoms with Gasteiger partial charge in [0, 0.05) is 5.56 Å². The predicted molar refractivity (Wildman–Crippen MR) is 98.1 cm³/mol. The molecule has 0 aliphatic carbocycles. The van der Waals surface area contributed by atoms with Gasteiger partial charge in [-0.25, -0.2) is 4.90 Å². The molecule has 0 bridgehead atoms. The summed E-state index contributed by atoms with van der Waals surface area (Å²) in [4.78, 5) is 32.3. The number of benzene rings is 2. The second kappa shape index (κ2) is 6.42. The van der Waals surface area contributed by atoms with Crippen LogP contribution in [-0.2, 0) is 14.4 Å². The van der Waals surface area contributed by atoms with Crippen molar-refractivity contribution in [2.75, 3.05) is 19.1 Å². The predicted octanol–water partition coefficient (Wildman–Crippen LogP) is 2.30. The van der Waals surface area contributed by atoms with Crippen LogP contribution in [0, 0.1) is 12.8 Å². The Hall–Kier alpha value is -3.35. The fraction of sp³-hybridized carbons (Fsp3) is 0.250. The maximum atomic E-state index is 13.0. The van der Waals surface area contributed by atoms with Crippen LogP contribution in [0.15, 0.2) is 47.6 Å². The highest BCUT2D eigenvalue weighted by Crippen LogP contribution is 2.37. The van der Waals surface area contributed by atoms with Crippen molar-refractivity contribution in [3.8, 4) is 11.5 Å². The molecular weight excluding hydrogens is 348 g/mol. The number of anilines is 1. The van der Waals surface area contributed by atoms with Gasteiger partial charge in [-0.3, -0.25) is 9.59 Å². The van der Waals surface area contributed by atoms with E-state index in [9.17, 15) is 9.59 Å². The number of ether oxygens (including phenoxy) is 2. The molecule has 0 radical (unpaired) electrons. The lowest BCUT2D eigenvalue weighted by Crippen LogP contribution is -2.33. The Balaban J connectivity index is 1.69. The van der Waals surface area contributed by atoms with Gasteiger partial charge in [-0.05, 0) is 37.3 Å². The van der Waals surface area contributed by atoms with Crippen molar-refractivity contribution in [3.05, 3.63) is 53.6 Å². The van der Waals surface area contributed by atoms with Gasteiger partial charge < -0.3 is 14.3 Å². The number of rotatable bonds is 4. The van der Waals surface area contributed by atoms with Crippen LogP contribution in [0.4, 0.5) is 5.69 Å². The molecule has 2 aromatic rings. The lowest BCUT2D eigenvalue weighted by atomic mass is 9.94. The average molecular weight is 366 g/mol. The molecule has 0 spiro atoms. The fourth-order valence-electron chi connectivity index (χ4n) is 3.36. The zero-order chi connectivity index (χ0) is 19.1. The first-order valence-electron chi connectivity index (χ1n) is 8.45. The Bertz CT molecular complexity index is 951. The molecule has 1 saturated heterocycles. The molecule has 4 rings (SSSR count). The van der Waals surface area contributed by atoms with Gasteiger partial charge in [0.05, 0.1) is 19.9 Å². The van der Waals surface area contributed by atoms with Gasteiger partial charge in [0.25, 0.3) is 5.91 Å². The van der Waals surface area contributed by atoms with Crippen LogP contribution in [0.2, 0.25) is 0 Å². The second-order valence-electron chi connectivity index (χ2n) is 6.40. The molecule has 0 N–H and O–H groups in total. The topological polar surface area (TPSA) is 77.4 Å². The molecular formula is C20H18N2O5. The molecule has 2 amide bonds. The SMILES string of the molecule is COc1ccc(C2=NOC3C(=O)N(c4ccc(C)cc4)C(=O)C23)cc1OC. The van der Waals surface area contributed by atoms with Crippen molar-refractivity contribution < 1.29 is 23.9 Å². The number of amides is 2. The second-order valence-corrected chi connectivity index (χ2v) is 6.40. The van der Waals surface area contributed by atoms with Crippen LogP contribution in [0.3, 0.4) is 0 Å². The first-order chi connectivity index (χ1) is 13.0. The van der Waals surface area contributed by atoms with Gasteiger partial charge in [-0.1, -0.05) is 22.9 Å². The summed E-state index contributed by atoms with van der Waals surface area (Å²) in [5, 5.41) is 4.02. The zero-order valence-electron chi connectivity index (χ0n) is 15.1. The number of oxime groups is 1. The number of carbonyl (C=O) groups is 2. The van der Waals surface area contributed by atoms with E-state index in [0.29, 0.717) is 28.5 Å². The molecule has 2 heterocycles. The van der Waals surface area contributed by atoms with Gasteiger partial charge in [0.2, 0.25) is 12.0 Å². The van der Waals surface area contributed by atoms with Crippen molar-refractivity contribution in [3.63, 3.8) is 0 Å². The number of carbonyl (C=O) groups excluding carboxylic acids is 2. The fourth-order valence-corrected chi connectivity index (χ4v) is 3.36. The highest BCUT2D eigenvalue weighted by atomic mass is 16.6. The maximum Gasteiger partial charge on any atom is 0.278 e. The standard InChI is InChI=1S/C20H18N2O5/c1-11-4-7-13(8-5-11)22-19(23)16-17(21-27-18(16)20(22)24)12-6-9-14(25-2)15(10-12)26-3/h4-10,16,18H,1-3H3. The van der Waals surface area contributed by atoms with Crippen molar-refractivity contribution in [2.45, 2.75) is 13.0 Å². The summed E-state index contributed by atoms with van der Waals surface area (Å²) >= 11 is 0. The van der Waals surface area contributed by atoms with E-state index in [2.05, 4.69) is 5.16 Å². The van der Waals surface area contributed by atoms with Crippen LogP contribution in [0.1, 0.15) is 11.1 Å². The Kier molecular flexibility index (Phi) is 4.07. The lowest BCUT2D eigenvalue weighted by Gasteiger charge is -2.16. The number of aryl methyl sites for hydroxylation is 1. The molecule has 2 aliphatic rings. The summed E-state index contributed by atoms with van der Waals surface area (Å²) in [6.07, 6.45) is -0.943. The smallest absolute Gasteiger partial charge is 0.278 e. The molecule has 2 unspecified atom stereocenters. The molecule has 1 fully saturated rings. The maximum absolute atomic E-state index is 13.0. The summed E-state index contributed by atoms with van der Waals surface area (Å²) in [5.74, 6) is -0.467. The molecule has 27 heavy (non-hydrogen) atoms. The molecule has 0 saturated carbocycles. The minimum atomic E-state index is -0.943. The van der Waals surface area contributed by atoms with Gasteiger partial charge in [0.1, 0.15) is 11.6 Å². The third-order valence-corrected chi connectivity index (χ3v) is 4.78. The van der Waals surface area contributed by atoms with E-state index < -0.39 is 17.9 Å². The van der Waals surface area contributed by atoms with Gasteiger partial charge >= 0.3 is 0 Å². The molecule has 2 aromatic carbocycles. The van der Waals surface area contributed by atoms with Crippen LogP contribution in [-0.4, -0.2) is 37.8 Å².